The maximum Gasteiger partial charge on any atom is 0.247 e. The molecule has 23 heavy (non-hydrogen) atoms. The summed E-state index contributed by atoms with van der Waals surface area (Å²) < 4.78 is 23.9. The summed E-state index contributed by atoms with van der Waals surface area (Å²) >= 11 is 7.59. The first-order valence-corrected chi connectivity index (χ1v) is 10.4. The fraction of sp³-hybridized carbons (Fsp3) is 0.467. The van der Waals surface area contributed by atoms with Crippen LogP contribution in [-0.4, -0.2) is 42.3 Å². The van der Waals surface area contributed by atoms with Gasteiger partial charge in [0.25, 0.3) is 0 Å². The van der Waals surface area contributed by atoms with Gasteiger partial charge < -0.3 is 4.90 Å². The van der Waals surface area contributed by atoms with Crippen molar-refractivity contribution in [2.24, 2.45) is 4.99 Å². The molecule has 2 fully saturated rings. The maximum atomic E-state index is 12.0. The van der Waals surface area contributed by atoms with Crippen molar-refractivity contribution in [1.82, 2.24) is 0 Å². The Labute approximate surface area is 145 Å². The van der Waals surface area contributed by atoms with Gasteiger partial charge in [-0.3, -0.25) is 4.79 Å². The number of carbonyl (C=O) groups excluding carboxylic acids is 1. The van der Waals surface area contributed by atoms with E-state index in [-0.39, 0.29) is 28.7 Å². The van der Waals surface area contributed by atoms with Crippen molar-refractivity contribution in [2.75, 3.05) is 16.4 Å². The van der Waals surface area contributed by atoms with Crippen LogP contribution in [0.15, 0.2) is 23.2 Å². The Hall–Kier alpha value is -1.05. The molecule has 0 aromatic heterocycles. The highest BCUT2D eigenvalue weighted by atomic mass is 35.5. The van der Waals surface area contributed by atoms with Crippen molar-refractivity contribution in [1.29, 1.82) is 0 Å². The molecule has 124 valence electrons. The first kappa shape index (κ1) is 16.8. The van der Waals surface area contributed by atoms with Crippen molar-refractivity contribution in [3.8, 4) is 0 Å². The van der Waals surface area contributed by atoms with Gasteiger partial charge in [0, 0.05) is 22.4 Å². The van der Waals surface area contributed by atoms with Gasteiger partial charge in [0.05, 0.1) is 17.5 Å². The number of rotatable bonds is 2. The van der Waals surface area contributed by atoms with Gasteiger partial charge in [0.1, 0.15) is 0 Å². The number of aryl methyl sites for hydroxylation is 1. The van der Waals surface area contributed by atoms with Crippen LogP contribution in [-0.2, 0) is 14.6 Å². The molecular weight excluding hydrogens is 356 g/mol. The number of halogens is 1. The summed E-state index contributed by atoms with van der Waals surface area (Å²) in [5.41, 5.74) is 1.72. The topological polar surface area (TPSA) is 66.8 Å². The van der Waals surface area contributed by atoms with Crippen LogP contribution in [0.25, 0.3) is 0 Å². The van der Waals surface area contributed by atoms with Crippen molar-refractivity contribution in [2.45, 2.75) is 31.6 Å². The third kappa shape index (κ3) is 3.27. The number of thioether (sulfide) groups is 1. The van der Waals surface area contributed by atoms with Crippen molar-refractivity contribution < 1.29 is 13.2 Å². The smallest absolute Gasteiger partial charge is 0.247 e. The number of carbonyl (C=O) groups is 1. The van der Waals surface area contributed by atoms with Gasteiger partial charge in [0.2, 0.25) is 5.91 Å². The summed E-state index contributed by atoms with van der Waals surface area (Å²) in [5, 5.41) is 1.09. The van der Waals surface area contributed by atoms with Gasteiger partial charge >= 0.3 is 0 Å². The minimum atomic E-state index is -3.06. The second-order valence-corrected chi connectivity index (χ2v) is 9.51. The minimum absolute atomic E-state index is 0.0789. The summed E-state index contributed by atoms with van der Waals surface area (Å²) in [6.07, 6.45) is 0.320. The van der Waals surface area contributed by atoms with E-state index < -0.39 is 9.84 Å². The monoisotopic (exact) mass is 372 g/mol. The molecule has 3 rings (SSSR count). The lowest BCUT2D eigenvalue weighted by Gasteiger charge is -2.25. The summed E-state index contributed by atoms with van der Waals surface area (Å²) in [6.45, 7) is 3.66. The summed E-state index contributed by atoms with van der Waals surface area (Å²) in [6, 6.07) is 5.38. The first-order valence-electron chi connectivity index (χ1n) is 7.34. The van der Waals surface area contributed by atoms with Gasteiger partial charge in [-0.2, -0.15) is 4.99 Å². The Morgan fingerprint density at radius 1 is 1.43 bits per heavy atom. The summed E-state index contributed by atoms with van der Waals surface area (Å²) in [7, 11) is -3.06. The fourth-order valence-corrected chi connectivity index (χ4v) is 6.89. The summed E-state index contributed by atoms with van der Waals surface area (Å²) in [5.74, 6) is -0.00804. The molecule has 5 nitrogen and oxygen atoms in total. The number of hydrogen-bond acceptors (Lipinski definition) is 4. The molecule has 2 heterocycles. The van der Waals surface area contributed by atoms with Crippen LogP contribution in [0.4, 0.5) is 5.69 Å². The number of fused-ring (bicyclic) bond motifs is 1. The van der Waals surface area contributed by atoms with E-state index in [0.717, 1.165) is 11.3 Å². The molecule has 1 aromatic rings. The Balaban J connectivity index is 2.04. The SMILES string of the molecule is CCC(=O)N=C1S[C@H]2CS(=O)(=O)C[C@@H]2N1c1ccc(C)c(Cl)c1. The van der Waals surface area contributed by atoms with E-state index >= 15 is 0 Å². The Morgan fingerprint density at radius 3 is 2.83 bits per heavy atom. The van der Waals surface area contributed by atoms with E-state index in [9.17, 15) is 13.2 Å². The average Bonchev–Trinajstić information content (AvgIpc) is 2.93. The average molecular weight is 373 g/mol. The molecule has 0 spiro atoms. The van der Waals surface area contributed by atoms with E-state index in [0.29, 0.717) is 16.6 Å². The van der Waals surface area contributed by atoms with E-state index in [1.54, 1.807) is 13.0 Å². The number of benzene rings is 1. The summed E-state index contributed by atoms with van der Waals surface area (Å²) in [4.78, 5) is 17.8. The molecule has 2 aliphatic rings. The Morgan fingerprint density at radius 2 is 2.17 bits per heavy atom. The first-order chi connectivity index (χ1) is 10.8. The van der Waals surface area contributed by atoms with Crippen LogP contribution >= 0.6 is 23.4 Å². The molecule has 0 unspecified atom stereocenters. The van der Waals surface area contributed by atoms with Crippen LogP contribution in [0.3, 0.4) is 0 Å². The van der Waals surface area contributed by atoms with E-state index in [2.05, 4.69) is 4.99 Å². The predicted molar refractivity (Wildman–Crippen MR) is 95.2 cm³/mol. The highest BCUT2D eigenvalue weighted by Crippen LogP contribution is 2.41. The standard InChI is InChI=1S/C15H17ClN2O3S2/c1-3-14(19)17-15-18(10-5-4-9(2)11(16)6-10)12-7-23(20,21)8-13(12)22-15/h4-6,12-13H,3,7-8H2,1-2H3/t12-,13-/m0/s1. The lowest BCUT2D eigenvalue weighted by Crippen LogP contribution is -2.37. The molecule has 2 saturated heterocycles. The van der Waals surface area contributed by atoms with Gasteiger partial charge in [-0.1, -0.05) is 36.4 Å². The molecule has 0 bridgehead atoms. The van der Waals surface area contributed by atoms with E-state index in [1.807, 2.05) is 24.0 Å². The molecule has 0 saturated carbocycles. The number of amides is 1. The minimum Gasteiger partial charge on any atom is -0.316 e. The van der Waals surface area contributed by atoms with Crippen molar-refractivity contribution >= 4 is 50.0 Å². The number of aliphatic imine (C=N–C) groups is 1. The Kier molecular flexibility index (Phi) is 4.46. The van der Waals surface area contributed by atoms with Gasteiger partial charge in [-0.15, -0.1) is 0 Å². The molecule has 0 aliphatic carbocycles. The normalized spacial score (nSPS) is 27.4. The molecular formula is C15H17ClN2O3S2. The number of anilines is 1. The highest BCUT2D eigenvalue weighted by molar-refractivity contribution is 8.16. The molecule has 2 aliphatic heterocycles. The zero-order valence-electron chi connectivity index (χ0n) is 12.8. The third-order valence-corrected chi connectivity index (χ3v) is 7.64. The van der Waals surface area contributed by atoms with Gasteiger partial charge in [0.15, 0.2) is 15.0 Å². The molecule has 0 N–H and O–H groups in total. The van der Waals surface area contributed by atoms with Gasteiger partial charge in [-0.25, -0.2) is 8.42 Å². The van der Waals surface area contributed by atoms with E-state index in [4.69, 9.17) is 11.6 Å². The van der Waals surface area contributed by atoms with Crippen LogP contribution in [0.5, 0.6) is 0 Å². The molecule has 0 radical (unpaired) electrons. The number of hydrogen-bond donors (Lipinski definition) is 0. The molecule has 2 atom stereocenters. The second kappa shape index (κ2) is 6.11. The predicted octanol–water partition coefficient (Wildman–Crippen LogP) is 2.66. The quantitative estimate of drug-likeness (QED) is 0.798. The Bertz CT molecular complexity index is 792. The largest absolute Gasteiger partial charge is 0.316 e. The zero-order chi connectivity index (χ0) is 16.8. The molecule has 1 amide bonds. The van der Waals surface area contributed by atoms with Crippen LogP contribution in [0.2, 0.25) is 5.02 Å². The fourth-order valence-electron chi connectivity index (χ4n) is 2.78. The van der Waals surface area contributed by atoms with Gasteiger partial charge in [-0.05, 0) is 24.6 Å². The van der Waals surface area contributed by atoms with Crippen LogP contribution in [0.1, 0.15) is 18.9 Å². The third-order valence-electron chi connectivity index (χ3n) is 4.02. The molecule has 1 aromatic carbocycles. The van der Waals surface area contributed by atoms with Crippen LogP contribution in [0, 0.1) is 6.92 Å². The number of amidine groups is 1. The van der Waals surface area contributed by atoms with Crippen molar-refractivity contribution in [3.05, 3.63) is 28.8 Å². The highest BCUT2D eigenvalue weighted by Gasteiger charge is 2.49. The van der Waals surface area contributed by atoms with Crippen molar-refractivity contribution in [3.63, 3.8) is 0 Å². The zero-order valence-corrected chi connectivity index (χ0v) is 15.2. The molecule has 8 heteroatoms. The number of nitrogens with zero attached hydrogens (tertiary/aromatic N) is 2. The second-order valence-electron chi connectivity index (χ2n) is 5.75. The lowest BCUT2D eigenvalue weighted by molar-refractivity contribution is -0.117. The number of sulfone groups is 1. The van der Waals surface area contributed by atoms with Crippen LogP contribution < -0.4 is 4.90 Å². The van der Waals surface area contributed by atoms with E-state index in [1.165, 1.54) is 11.8 Å². The maximum absolute atomic E-state index is 12.0. The lowest BCUT2D eigenvalue weighted by atomic mass is 10.1.